The lowest BCUT2D eigenvalue weighted by Gasteiger charge is -2.14. The Labute approximate surface area is 136 Å². The Bertz CT molecular complexity index is 766. The van der Waals surface area contributed by atoms with Crippen molar-refractivity contribution >= 4 is 10.0 Å². The Morgan fingerprint density at radius 3 is 2.70 bits per heavy atom. The van der Waals surface area contributed by atoms with Crippen LogP contribution in [0.15, 0.2) is 35.4 Å². The summed E-state index contributed by atoms with van der Waals surface area (Å²) in [5.74, 6) is 0.632. The van der Waals surface area contributed by atoms with Gasteiger partial charge in [0.2, 0.25) is 10.0 Å². The van der Waals surface area contributed by atoms with Gasteiger partial charge in [-0.2, -0.15) is 5.10 Å². The number of fused-ring (bicyclic) bond motifs is 1. The summed E-state index contributed by atoms with van der Waals surface area (Å²) < 4.78 is 34.1. The van der Waals surface area contributed by atoms with Crippen molar-refractivity contribution in [2.24, 2.45) is 0 Å². The molecule has 0 atom stereocenters. The van der Waals surface area contributed by atoms with E-state index in [1.807, 2.05) is 10.9 Å². The molecule has 1 aliphatic rings. The minimum absolute atomic E-state index is 0.237. The van der Waals surface area contributed by atoms with Crippen molar-refractivity contribution in [2.75, 3.05) is 13.7 Å². The number of aryl methyl sites for hydroxylation is 1. The molecule has 1 aliphatic carbocycles. The quantitative estimate of drug-likeness (QED) is 0.873. The van der Waals surface area contributed by atoms with Crippen molar-refractivity contribution in [3.63, 3.8) is 0 Å². The Morgan fingerprint density at radius 1 is 1.22 bits per heavy atom. The molecule has 0 amide bonds. The van der Waals surface area contributed by atoms with Crippen LogP contribution in [-0.4, -0.2) is 31.9 Å². The Balaban J connectivity index is 1.62. The number of sulfonamides is 1. The highest BCUT2D eigenvalue weighted by atomic mass is 32.2. The van der Waals surface area contributed by atoms with Crippen molar-refractivity contribution in [1.82, 2.24) is 14.5 Å². The maximum absolute atomic E-state index is 12.3. The number of hydrogen-bond acceptors (Lipinski definition) is 4. The fourth-order valence-corrected chi connectivity index (χ4v) is 3.89. The maximum atomic E-state index is 12.3. The van der Waals surface area contributed by atoms with Gasteiger partial charge >= 0.3 is 0 Å². The summed E-state index contributed by atoms with van der Waals surface area (Å²) in [6, 6.07) is 6.35. The lowest BCUT2D eigenvalue weighted by Crippen LogP contribution is -2.28. The maximum Gasteiger partial charge on any atom is 0.240 e. The second-order valence-corrected chi connectivity index (χ2v) is 7.39. The third kappa shape index (κ3) is 3.56. The highest BCUT2D eigenvalue weighted by Crippen LogP contribution is 2.20. The van der Waals surface area contributed by atoms with E-state index in [4.69, 9.17) is 4.74 Å². The van der Waals surface area contributed by atoms with Gasteiger partial charge in [0.25, 0.3) is 0 Å². The number of hydrogen-bond donors (Lipinski definition) is 1. The van der Waals surface area contributed by atoms with E-state index in [2.05, 4.69) is 9.82 Å². The molecule has 0 spiro atoms. The Morgan fingerprint density at radius 2 is 1.96 bits per heavy atom. The number of benzene rings is 1. The summed E-state index contributed by atoms with van der Waals surface area (Å²) in [5, 5.41) is 4.38. The van der Waals surface area contributed by atoms with Gasteiger partial charge in [0.05, 0.1) is 24.7 Å². The third-order valence-electron chi connectivity index (χ3n) is 4.13. The standard InChI is InChI=1S/C16H21N3O3S/c1-22-14-6-8-15(9-7-14)23(20,21)18-10-11-19-16-5-3-2-4-13(16)12-17-19/h6-9,12,18H,2-5,10-11H2,1H3. The predicted molar refractivity (Wildman–Crippen MR) is 87.1 cm³/mol. The molecule has 2 aromatic rings. The molecule has 0 bridgehead atoms. The molecule has 0 fully saturated rings. The molecule has 0 saturated heterocycles. The van der Waals surface area contributed by atoms with E-state index in [1.165, 1.54) is 36.2 Å². The number of nitrogens with zero attached hydrogens (tertiary/aromatic N) is 2. The van der Waals surface area contributed by atoms with Gasteiger partial charge in [-0.3, -0.25) is 4.68 Å². The van der Waals surface area contributed by atoms with E-state index in [0.29, 0.717) is 18.8 Å². The zero-order valence-corrected chi connectivity index (χ0v) is 14.0. The summed E-state index contributed by atoms with van der Waals surface area (Å²) >= 11 is 0. The molecule has 0 unspecified atom stereocenters. The second kappa shape index (κ2) is 6.72. The van der Waals surface area contributed by atoms with Gasteiger partial charge in [0.1, 0.15) is 5.75 Å². The van der Waals surface area contributed by atoms with E-state index in [0.717, 1.165) is 12.8 Å². The van der Waals surface area contributed by atoms with Crippen molar-refractivity contribution in [1.29, 1.82) is 0 Å². The van der Waals surface area contributed by atoms with Crippen LogP contribution in [-0.2, 0) is 29.4 Å². The first-order chi connectivity index (χ1) is 11.1. The minimum Gasteiger partial charge on any atom is -0.497 e. The van der Waals surface area contributed by atoms with Crippen molar-refractivity contribution < 1.29 is 13.2 Å². The molecule has 0 saturated carbocycles. The highest BCUT2D eigenvalue weighted by Gasteiger charge is 2.16. The molecule has 1 aromatic heterocycles. The van der Waals surface area contributed by atoms with Crippen LogP contribution >= 0.6 is 0 Å². The van der Waals surface area contributed by atoms with Crippen LogP contribution in [0.3, 0.4) is 0 Å². The smallest absolute Gasteiger partial charge is 0.240 e. The van der Waals surface area contributed by atoms with Crippen LogP contribution in [0, 0.1) is 0 Å². The number of nitrogens with one attached hydrogen (secondary N) is 1. The number of aromatic nitrogens is 2. The number of ether oxygens (including phenoxy) is 1. The van der Waals surface area contributed by atoms with Crippen LogP contribution in [0.4, 0.5) is 0 Å². The van der Waals surface area contributed by atoms with Crippen molar-refractivity contribution in [2.45, 2.75) is 37.1 Å². The highest BCUT2D eigenvalue weighted by molar-refractivity contribution is 7.89. The normalized spacial score (nSPS) is 14.5. The van der Waals surface area contributed by atoms with E-state index in [1.54, 1.807) is 19.2 Å². The molecule has 23 heavy (non-hydrogen) atoms. The predicted octanol–water partition coefficient (Wildman–Crippen LogP) is 1.75. The molecule has 7 heteroatoms. The number of rotatable bonds is 6. The van der Waals surface area contributed by atoms with E-state index < -0.39 is 10.0 Å². The lowest BCUT2D eigenvalue weighted by molar-refractivity contribution is 0.414. The zero-order valence-electron chi connectivity index (χ0n) is 13.2. The summed E-state index contributed by atoms with van der Waals surface area (Å²) in [4.78, 5) is 0.237. The minimum atomic E-state index is -3.51. The Hall–Kier alpha value is -1.86. The van der Waals surface area contributed by atoms with Gasteiger partial charge in [0.15, 0.2) is 0 Å². The zero-order chi connectivity index (χ0) is 16.3. The molecule has 0 radical (unpaired) electrons. The van der Waals surface area contributed by atoms with E-state index in [-0.39, 0.29) is 4.90 Å². The lowest BCUT2D eigenvalue weighted by atomic mass is 9.98. The van der Waals surface area contributed by atoms with Gasteiger partial charge in [-0.15, -0.1) is 0 Å². The topological polar surface area (TPSA) is 73.2 Å². The summed E-state index contributed by atoms with van der Waals surface area (Å²) in [6.07, 6.45) is 6.40. The molecular formula is C16H21N3O3S. The molecule has 1 heterocycles. The van der Waals surface area contributed by atoms with Gasteiger partial charge in [-0.1, -0.05) is 0 Å². The van der Waals surface area contributed by atoms with Crippen LogP contribution in [0.25, 0.3) is 0 Å². The summed E-state index contributed by atoms with van der Waals surface area (Å²) in [7, 11) is -1.96. The van der Waals surface area contributed by atoms with Crippen molar-refractivity contribution in [3.05, 3.63) is 41.7 Å². The van der Waals surface area contributed by atoms with Gasteiger partial charge < -0.3 is 4.74 Å². The first kappa shape index (κ1) is 16.0. The SMILES string of the molecule is COc1ccc(S(=O)(=O)NCCn2ncc3c2CCCC3)cc1. The van der Waals surface area contributed by atoms with Gasteiger partial charge in [0, 0.05) is 12.2 Å². The first-order valence-electron chi connectivity index (χ1n) is 7.77. The second-order valence-electron chi connectivity index (χ2n) is 5.62. The molecule has 0 aliphatic heterocycles. The average molecular weight is 335 g/mol. The molecule has 1 aromatic carbocycles. The number of methoxy groups -OCH3 is 1. The summed E-state index contributed by atoms with van der Waals surface area (Å²) in [5.41, 5.74) is 2.55. The van der Waals surface area contributed by atoms with Crippen LogP contribution in [0.5, 0.6) is 5.75 Å². The van der Waals surface area contributed by atoms with E-state index >= 15 is 0 Å². The monoisotopic (exact) mass is 335 g/mol. The molecule has 124 valence electrons. The first-order valence-corrected chi connectivity index (χ1v) is 9.26. The summed E-state index contributed by atoms with van der Waals surface area (Å²) in [6.45, 7) is 0.868. The Kier molecular flexibility index (Phi) is 4.68. The fraction of sp³-hybridized carbons (Fsp3) is 0.438. The third-order valence-corrected chi connectivity index (χ3v) is 5.61. The molecule has 1 N–H and O–H groups in total. The van der Waals surface area contributed by atoms with Gasteiger partial charge in [-0.25, -0.2) is 13.1 Å². The average Bonchev–Trinajstić information content (AvgIpc) is 2.98. The van der Waals surface area contributed by atoms with Crippen LogP contribution in [0.2, 0.25) is 0 Å². The van der Waals surface area contributed by atoms with Gasteiger partial charge in [-0.05, 0) is 55.5 Å². The van der Waals surface area contributed by atoms with Crippen LogP contribution < -0.4 is 9.46 Å². The largest absolute Gasteiger partial charge is 0.497 e. The molecular weight excluding hydrogens is 314 g/mol. The fourth-order valence-electron chi connectivity index (χ4n) is 2.87. The van der Waals surface area contributed by atoms with Crippen molar-refractivity contribution in [3.8, 4) is 5.75 Å². The molecule has 3 rings (SSSR count). The molecule has 6 nitrogen and oxygen atoms in total. The van der Waals surface area contributed by atoms with Crippen LogP contribution in [0.1, 0.15) is 24.1 Å². The van der Waals surface area contributed by atoms with E-state index in [9.17, 15) is 8.42 Å².